The number of halogens is 1. The summed E-state index contributed by atoms with van der Waals surface area (Å²) >= 11 is 7.01. The summed E-state index contributed by atoms with van der Waals surface area (Å²) in [7, 11) is 0.531. The third kappa shape index (κ3) is 19.1. The fourth-order valence-corrected chi connectivity index (χ4v) is 7.58. The molecular weight excluding hydrogens is 478 g/mol. The summed E-state index contributed by atoms with van der Waals surface area (Å²) < 4.78 is 17.0. The fraction of sp³-hybridized carbons (Fsp3) is 1.00. The Morgan fingerprint density at radius 2 is 1.23 bits per heavy atom. The van der Waals surface area contributed by atoms with E-state index in [4.69, 9.17) is 30.0 Å². The van der Waals surface area contributed by atoms with Gasteiger partial charge in [0.05, 0.1) is 13.2 Å². The summed E-state index contributed by atoms with van der Waals surface area (Å²) in [5, 5.41) is 9.10. The van der Waals surface area contributed by atoms with Crippen LogP contribution in [0.15, 0.2) is 0 Å². The summed E-state index contributed by atoms with van der Waals surface area (Å²) in [4.78, 5) is -0.242. The second-order valence-corrected chi connectivity index (χ2v) is 14.5. The molecule has 0 fully saturated rings. The molecule has 0 saturated heterocycles. The molecule has 0 amide bonds. The van der Waals surface area contributed by atoms with Gasteiger partial charge in [0.15, 0.2) is 0 Å². The predicted molar refractivity (Wildman–Crippen MR) is 155 cm³/mol. The third-order valence-corrected chi connectivity index (χ3v) is 11.0. The third-order valence-electron chi connectivity index (χ3n) is 7.40. The van der Waals surface area contributed by atoms with Gasteiger partial charge in [-0.25, -0.2) is 0 Å². The topological polar surface area (TPSA) is 82.9 Å². The maximum atomic E-state index is 9.10. The van der Waals surface area contributed by atoms with E-state index in [0.717, 1.165) is 6.42 Å². The van der Waals surface area contributed by atoms with Crippen molar-refractivity contribution in [1.29, 1.82) is 0 Å². The summed E-state index contributed by atoms with van der Waals surface area (Å²) in [6.07, 6.45) is 21.6. The minimum atomic E-state index is -2.74. The Morgan fingerprint density at radius 3 is 1.63 bits per heavy atom. The average Bonchev–Trinajstić information content (AvgIpc) is 2.81. The quantitative estimate of drug-likeness (QED) is 0.0687. The molecule has 0 bridgehead atoms. The van der Waals surface area contributed by atoms with Crippen LogP contribution in [0.3, 0.4) is 0 Å². The van der Waals surface area contributed by atoms with Crippen molar-refractivity contribution in [2.45, 2.75) is 141 Å². The number of alkyl halides is 1. The number of unbranched alkanes of at least 4 members (excludes halogenated alkanes) is 13. The van der Waals surface area contributed by atoms with E-state index in [1.807, 2.05) is 0 Å². The zero-order chi connectivity index (χ0) is 25.7. The number of rotatable bonds is 25. The van der Waals surface area contributed by atoms with Crippen LogP contribution < -0.4 is 6.15 Å². The van der Waals surface area contributed by atoms with Crippen molar-refractivity contribution in [2.24, 2.45) is 11.8 Å². The minimum absolute atomic E-state index is 0. The molecule has 0 aromatic heterocycles. The first-order chi connectivity index (χ1) is 16.3. The monoisotopic (exact) mass is 539 g/mol. The molecule has 0 heterocycles. The fourth-order valence-electron chi connectivity index (χ4n) is 4.96. The molecule has 0 aliphatic heterocycles. The van der Waals surface area contributed by atoms with Crippen LogP contribution in [0.5, 0.6) is 0 Å². The van der Waals surface area contributed by atoms with E-state index in [-0.39, 0.29) is 24.2 Å². The van der Waals surface area contributed by atoms with Crippen molar-refractivity contribution in [2.75, 3.05) is 27.4 Å². The Kier molecular flexibility index (Phi) is 25.1. The van der Waals surface area contributed by atoms with E-state index >= 15 is 0 Å². The Hall–Kier alpha value is 0.307. The van der Waals surface area contributed by atoms with Crippen molar-refractivity contribution in [3.63, 3.8) is 0 Å². The molecule has 0 aromatic carbocycles. The van der Waals surface area contributed by atoms with Gasteiger partial charge in [0.25, 0.3) is 0 Å². The van der Waals surface area contributed by atoms with E-state index in [1.54, 1.807) is 14.2 Å². The lowest BCUT2D eigenvalue weighted by Gasteiger charge is -2.34. The molecule has 0 aromatic rings. The molecule has 7 heteroatoms. The van der Waals surface area contributed by atoms with Crippen LogP contribution in [0.4, 0.5) is 0 Å². The van der Waals surface area contributed by atoms with Crippen molar-refractivity contribution >= 4 is 20.4 Å². The Labute approximate surface area is 225 Å². The average molecular weight is 540 g/mol. The molecular formula is C28H62ClNO4Si. The molecule has 3 unspecified atom stereocenters. The van der Waals surface area contributed by atoms with Gasteiger partial charge in [-0.05, 0) is 31.6 Å². The van der Waals surface area contributed by atoms with E-state index in [0.29, 0.717) is 17.9 Å². The van der Waals surface area contributed by atoms with Crippen molar-refractivity contribution in [1.82, 2.24) is 6.15 Å². The smallest absolute Gasteiger partial charge is 0.394 e. The highest BCUT2D eigenvalue weighted by molar-refractivity contribution is 6.60. The van der Waals surface area contributed by atoms with Gasteiger partial charge >= 0.3 is 8.80 Å². The first-order valence-corrected chi connectivity index (χ1v) is 16.6. The number of hydrogen-bond acceptors (Lipinski definition) is 5. The van der Waals surface area contributed by atoms with Crippen LogP contribution in [-0.4, -0.2) is 46.2 Å². The van der Waals surface area contributed by atoms with Gasteiger partial charge in [0, 0.05) is 25.1 Å². The first-order valence-electron chi connectivity index (χ1n) is 14.3. The van der Waals surface area contributed by atoms with Gasteiger partial charge in [-0.15, -0.1) is 11.6 Å². The zero-order valence-electron chi connectivity index (χ0n) is 24.3. The van der Waals surface area contributed by atoms with Crippen LogP contribution in [0, 0.1) is 11.8 Å². The second kappa shape index (κ2) is 23.4. The normalized spacial score (nSPS) is 15.4. The van der Waals surface area contributed by atoms with Crippen molar-refractivity contribution in [3.8, 4) is 0 Å². The molecule has 4 N–H and O–H groups in total. The van der Waals surface area contributed by atoms with Gasteiger partial charge in [-0.1, -0.05) is 111 Å². The lowest BCUT2D eigenvalue weighted by atomic mass is 9.84. The van der Waals surface area contributed by atoms with Crippen molar-refractivity contribution < 1.29 is 18.4 Å². The number of aliphatic hydroxyl groups is 1. The molecule has 0 saturated carbocycles. The minimum Gasteiger partial charge on any atom is -0.394 e. The van der Waals surface area contributed by atoms with E-state index in [1.165, 1.54) is 96.3 Å². The van der Waals surface area contributed by atoms with Gasteiger partial charge in [-0.2, -0.15) is 0 Å². The number of aliphatic hydroxyl groups excluding tert-OH is 1. The van der Waals surface area contributed by atoms with Gasteiger partial charge in [0.2, 0.25) is 0 Å². The highest BCUT2D eigenvalue weighted by Gasteiger charge is 2.42. The molecule has 0 radical (unpaired) electrons. The molecule has 5 nitrogen and oxygen atoms in total. The molecule has 3 atom stereocenters. The Bertz CT molecular complexity index is 453. The number of hydrogen-bond donors (Lipinski definition) is 2. The lowest BCUT2D eigenvalue weighted by molar-refractivity contribution is 0.0743. The maximum absolute atomic E-state index is 9.10. The molecule has 214 valence electrons. The van der Waals surface area contributed by atoms with Gasteiger partial charge in [-0.3, -0.25) is 0 Å². The van der Waals surface area contributed by atoms with E-state index in [2.05, 4.69) is 27.7 Å². The standard InChI is InChI=1S/C28H59ClO4Si.H3N/c1-7-8-9-10-11-12-13-14-15-16-17-18-19-20-21-27(3)28(4,29)24-26(2)25-34(31-5,32-6)33-23-22-30;/h26-27,30H,7-25H2,1-6H3;1H3. The molecule has 35 heavy (non-hydrogen) atoms. The maximum Gasteiger partial charge on any atom is 0.500 e. The second-order valence-electron chi connectivity index (χ2n) is 10.7. The lowest BCUT2D eigenvalue weighted by Crippen LogP contribution is -2.46. The molecule has 0 aliphatic rings. The van der Waals surface area contributed by atoms with E-state index in [9.17, 15) is 0 Å². The Morgan fingerprint density at radius 1 is 0.800 bits per heavy atom. The van der Waals surface area contributed by atoms with Crippen LogP contribution in [0.25, 0.3) is 0 Å². The summed E-state index contributed by atoms with van der Waals surface area (Å²) in [6, 6.07) is 0.716. The largest absolute Gasteiger partial charge is 0.500 e. The molecule has 0 rings (SSSR count). The SMILES string of the molecule is CCCCCCCCCCCCCCCCC(C)C(C)(Cl)CC(C)C[Si](OC)(OC)OCCO.N. The van der Waals surface area contributed by atoms with E-state index < -0.39 is 8.80 Å². The van der Waals surface area contributed by atoms with Gasteiger partial charge < -0.3 is 24.5 Å². The summed E-state index contributed by atoms with van der Waals surface area (Å²) in [6.45, 7) is 9.17. The van der Waals surface area contributed by atoms with Crippen LogP contribution >= 0.6 is 11.6 Å². The predicted octanol–water partition coefficient (Wildman–Crippen LogP) is 8.92. The molecule has 0 aliphatic carbocycles. The first kappa shape index (κ1) is 37.5. The van der Waals surface area contributed by atoms with Crippen LogP contribution in [0.1, 0.15) is 130 Å². The van der Waals surface area contributed by atoms with Crippen LogP contribution in [-0.2, 0) is 13.3 Å². The summed E-state index contributed by atoms with van der Waals surface area (Å²) in [5.74, 6) is 0.792. The Balaban J connectivity index is 0. The summed E-state index contributed by atoms with van der Waals surface area (Å²) in [5.41, 5.74) is 0. The molecule has 0 spiro atoms. The zero-order valence-corrected chi connectivity index (χ0v) is 26.1. The van der Waals surface area contributed by atoms with Crippen molar-refractivity contribution in [3.05, 3.63) is 0 Å². The van der Waals surface area contributed by atoms with Gasteiger partial charge in [0.1, 0.15) is 0 Å². The van der Waals surface area contributed by atoms with Crippen LogP contribution in [0.2, 0.25) is 6.04 Å². The highest BCUT2D eigenvalue weighted by Crippen LogP contribution is 2.37. The highest BCUT2D eigenvalue weighted by atomic mass is 35.5.